The summed E-state index contributed by atoms with van der Waals surface area (Å²) in [6, 6.07) is 17.9. The van der Waals surface area contributed by atoms with Crippen LogP contribution < -0.4 is 33.9 Å². The standard InChI is InChI=1S/C34H34ClFIN3O7S/c1-5-22-7-6-8-28(36)27(22)18-23-17-24(35)9-12-29(23)40(48(42,43)26-11-14-31(47-21-37)33(20-26)46-4)16-15-38-34(41)39-25-10-13-30(44-2)32(19-25)45-3/h5-14,17,19-20H,1,15-16,18,21H2,2-4H3,(H2,38,39,41). The van der Waals surface area contributed by atoms with Crippen molar-refractivity contribution >= 4 is 67.7 Å². The fourth-order valence-electron chi connectivity index (χ4n) is 4.93. The number of halogens is 3. The molecule has 0 fully saturated rings. The van der Waals surface area contributed by atoms with Crippen LogP contribution in [0.1, 0.15) is 16.7 Å². The smallest absolute Gasteiger partial charge is 0.319 e. The van der Waals surface area contributed by atoms with Crippen LogP contribution in [0.5, 0.6) is 23.0 Å². The number of anilines is 2. The Bertz CT molecular complexity index is 1890. The molecule has 2 N–H and O–H groups in total. The lowest BCUT2D eigenvalue weighted by Crippen LogP contribution is -2.40. The molecular weight excluding hydrogens is 776 g/mol. The average molecular weight is 810 g/mol. The van der Waals surface area contributed by atoms with Crippen molar-refractivity contribution in [3.8, 4) is 23.0 Å². The summed E-state index contributed by atoms with van der Waals surface area (Å²) in [5.41, 5.74) is 1.98. The van der Waals surface area contributed by atoms with E-state index in [9.17, 15) is 13.2 Å². The van der Waals surface area contributed by atoms with Crippen LogP contribution in [0.3, 0.4) is 0 Å². The van der Waals surface area contributed by atoms with Gasteiger partial charge in [-0.15, -0.1) is 0 Å². The minimum absolute atomic E-state index is 0.00885. The first-order chi connectivity index (χ1) is 23.1. The molecule has 254 valence electrons. The first kappa shape index (κ1) is 36.6. The monoisotopic (exact) mass is 809 g/mol. The largest absolute Gasteiger partial charge is 0.493 e. The minimum atomic E-state index is -4.31. The molecule has 2 amide bonds. The molecule has 0 bridgehead atoms. The van der Waals surface area contributed by atoms with Crippen molar-refractivity contribution in [3.05, 3.63) is 107 Å². The number of alkyl halides is 1. The predicted octanol–water partition coefficient (Wildman–Crippen LogP) is 7.53. The molecule has 0 atom stereocenters. The molecule has 0 saturated carbocycles. The lowest BCUT2D eigenvalue weighted by atomic mass is 9.98. The van der Waals surface area contributed by atoms with E-state index in [2.05, 4.69) is 17.2 Å². The maximum atomic E-state index is 15.1. The fraction of sp³-hybridized carbons (Fsp3) is 0.206. The number of carbonyl (C=O) groups is 1. The number of nitrogens with one attached hydrogen (secondary N) is 2. The molecule has 0 radical (unpaired) electrons. The summed E-state index contributed by atoms with van der Waals surface area (Å²) in [5.74, 6) is 1.02. The Morgan fingerprint density at radius 3 is 2.35 bits per heavy atom. The number of amides is 2. The van der Waals surface area contributed by atoms with Crippen molar-refractivity contribution in [1.29, 1.82) is 0 Å². The van der Waals surface area contributed by atoms with Gasteiger partial charge in [0.1, 0.15) is 10.4 Å². The van der Waals surface area contributed by atoms with Crippen molar-refractivity contribution in [2.24, 2.45) is 0 Å². The molecule has 0 aromatic heterocycles. The summed E-state index contributed by atoms with van der Waals surface area (Å²) < 4.78 is 66.9. The number of sulfonamides is 1. The van der Waals surface area contributed by atoms with Gasteiger partial charge in [0.15, 0.2) is 23.0 Å². The van der Waals surface area contributed by atoms with Gasteiger partial charge in [-0.05, 0) is 87.8 Å². The van der Waals surface area contributed by atoms with Gasteiger partial charge in [-0.3, -0.25) is 4.31 Å². The van der Waals surface area contributed by atoms with Gasteiger partial charge in [0.25, 0.3) is 10.0 Å². The van der Waals surface area contributed by atoms with E-state index >= 15 is 4.39 Å². The van der Waals surface area contributed by atoms with E-state index in [0.29, 0.717) is 49.3 Å². The number of carbonyl (C=O) groups excluding carboxylic acids is 1. The van der Waals surface area contributed by atoms with Gasteiger partial charge < -0.3 is 29.6 Å². The maximum absolute atomic E-state index is 15.1. The van der Waals surface area contributed by atoms with Gasteiger partial charge in [0.2, 0.25) is 0 Å². The highest BCUT2D eigenvalue weighted by atomic mass is 127. The Morgan fingerprint density at radius 2 is 1.67 bits per heavy atom. The van der Waals surface area contributed by atoms with Crippen LogP contribution in [0.2, 0.25) is 5.02 Å². The lowest BCUT2D eigenvalue weighted by molar-refractivity contribution is 0.252. The third kappa shape index (κ3) is 8.62. The second-order valence-electron chi connectivity index (χ2n) is 10.1. The maximum Gasteiger partial charge on any atom is 0.319 e. The Kier molecular flexibility index (Phi) is 12.8. The van der Waals surface area contributed by atoms with Gasteiger partial charge in [-0.1, -0.05) is 36.4 Å². The van der Waals surface area contributed by atoms with E-state index in [4.69, 9.17) is 30.5 Å². The molecule has 4 aromatic carbocycles. The molecule has 10 nitrogen and oxygen atoms in total. The molecule has 0 heterocycles. The summed E-state index contributed by atoms with van der Waals surface area (Å²) in [6.07, 6.45) is 1.54. The van der Waals surface area contributed by atoms with Crippen LogP contribution in [-0.4, -0.2) is 53.5 Å². The summed E-state index contributed by atoms with van der Waals surface area (Å²) in [5, 5.41) is 5.74. The number of rotatable bonds is 15. The zero-order chi connectivity index (χ0) is 34.8. The van der Waals surface area contributed by atoms with Gasteiger partial charge >= 0.3 is 6.03 Å². The van der Waals surface area contributed by atoms with Crippen molar-refractivity contribution in [1.82, 2.24) is 5.32 Å². The third-order valence-electron chi connectivity index (χ3n) is 7.23. The zero-order valence-electron chi connectivity index (χ0n) is 26.4. The Hall–Kier alpha value is -4.21. The number of methoxy groups -OCH3 is 3. The van der Waals surface area contributed by atoms with Gasteiger partial charge in [0.05, 0.1) is 38.5 Å². The number of nitrogens with zero attached hydrogens (tertiary/aromatic N) is 1. The summed E-state index contributed by atoms with van der Waals surface area (Å²) in [6.45, 7) is 3.48. The third-order valence-corrected chi connectivity index (χ3v) is 9.58. The van der Waals surface area contributed by atoms with Crippen LogP contribution in [0.4, 0.5) is 20.6 Å². The Morgan fingerprint density at radius 1 is 0.958 bits per heavy atom. The van der Waals surface area contributed by atoms with E-state index in [1.165, 1.54) is 51.7 Å². The van der Waals surface area contributed by atoms with E-state index in [-0.39, 0.29) is 35.8 Å². The first-order valence-electron chi connectivity index (χ1n) is 14.4. The zero-order valence-corrected chi connectivity index (χ0v) is 30.1. The fourth-order valence-corrected chi connectivity index (χ4v) is 6.98. The SMILES string of the molecule is C=Cc1cccc(F)c1Cc1cc(Cl)ccc1N(CCNC(=O)Nc1ccc(OC)c(OC)c1)S(=O)(=O)c1ccc(OCI)c(OC)c1. The molecule has 0 unspecified atom stereocenters. The number of hydrogen-bond donors (Lipinski definition) is 2. The van der Waals surface area contributed by atoms with Crippen molar-refractivity contribution in [2.45, 2.75) is 11.3 Å². The average Bonchev–Trinajstić information content (AvgIpc) is 3.08. The van der Waals surface area contributed by atoms with Crippen LogP contribution in [-0.2, 0) is 16.4 Å². The van der Waals surface area contributed by atoms with E-state index < -0.39 is 21.9 Å². The van der Waals surface area contributed by atoms with Gasteiger partial charge in [0, 0.05) is 35.8 Å². The van der Waals surface area contributed by atoms with Crippen LogP contribution >= 0.6 is 34.2 Å². The van der Waals surface area contributed by atoms with E-state index in [1.54, 1.807) is 48.5 Å². The molecule has 0 saturated heterocycles. The number of urea groups is 1. The second-order valence-corrected chi connectivity index (χ2v) is 13.0. The van der Waals surface area contributed by atoms with Gasteiger partial charge in [-0.2, -0.15) is 0 Å². The van der Waals surface area contributed by atoms with Crippen LogP contribution in [0.15, 0.2) is 84.3 Å². The number of ether oxygens (including phenoxy) is 4. The van der Waals surface area contributed by atoms with Crippen molar-refractivity contribution in [2.75, 3.05) is 48.7 Å². The van der Waals surface area contributed by atoms with Crippen molar-refractivity contribution < 1.29 is 36.6 Å². The molecule has 0 aliphatic heterocycles. The first-order valence-corrected chi connectivity index (χ1v) is 17.7. The predicted molar refractivity (Wildman–Crippen MR) is 194 cm³/mol. The molecular formula is C34H34ClFIN3O7S. The summed E-state index contributed by atoms with van der Waals surface area (Å²) in [7, 11) is 0.0808. The van der Waals surface area contributed by atoms with Crippen LogP contribution in [0.25, 0.3) is 6.08 Å². The normalized spacial score (nSPS) is 11.0. The van der Waals surface area contributed by atoms with Crippen LogP contribution in [0, 0.1) is 5.82 Å². The lowest BCUT2D eigenvalue weighted by Gasteiger charge is -2.28. The van der Waals surface area contributed by atoms with Gasteiger partial charge in [-0.25, -0.2) is 17.6 Å². The quantitative estimate of drug-likeness (QED) is 0.0943. The molecule has 0 aliphatic rings. The minimum Gasteiger partial charge on any atom is -0.493 e. The highest BCUT2D eigenvalue weighted by molar-refractivity contribution is 14.1. The highest BCUT2D eigenvalue weighted by Crippen LogP contribution is 2.36. The Balaban J connectivity index is 1.71. The topological polar surface area (TPSA) is 115 Å². The molecule has 48 heavy (non-hydrogen) atoms. The number of hydrogen-bond acceptors (Lipinski definition) is 7. The highest BCUT2D eigenvalue weighted by Gasteiger charge is 2.29. The molecule has 4 rings (SSSR count). The van der Waals surface area contributed by atoms with Crippen molar-refractivity contribution in [3.63, 3.8) is 0 Å². The molecule has 0 spiro atoms. The Labute approximate surface area is 298 Å². The molecule has 14 heteroatoms. The number of benzene rings is 4. The molecule has 0 aliphatic carbocycles. The summed E-state index contributed by atoms with van der Waals surface area (Å²) in [4.78, 5) is 12.8. The molecule has 4 aromatic rings. The summed E-state index contributed by atoms with van der Waals surface area (Å²) >= 11 is 8.41. The van der Waals surface area contributed by atoms with E-state index in [1.807, 2.05) is 22.6 Å². The van der Waals surface area contributed by atoms with E-state index in [0.717, 1.165) is 4.31 Å². The second kappa shape index (κ2) is 16.8.